The fourth-order valence-electron chi connectivity index (χ4n) is 5.18. The smallest absolute Gasteiger partial charge is 0.343 e. The predicted octanol–water partition coefficient (Wildman–Crippen LogP) is 10.1. The van der Waals surface area contributed by atoms with Gasteiger partial charge in [-0.15, -0.1) is 0 Å². The van der Waals surface area contributed by atoms with Crippen molar-refractivity contribution in [3.8, 4) is 11.5 Å². The van der Waals surface area contributed by atoms with E-state index < -0.39 is 0 Å². The number of rotatable bonds is 20. The molecule has 0 N–H and O–H groups in total. The highest BCUT2D eigenvalue weighted by Gasteiger charge is 2.23. The van der Waals surface area contributed by atoms with Gasteiger partial charge in [0.25, 0.3) is 0 Å². The molecule has 1 atom stereocenters. The molecule has 228 valence electrons. The zero-order chi connectivity index (χ0) is 29.1. The summed E-state index contributed by atoms with van der Waals surface area (Å²) in [6.45, 7) is 8.99. The molecule has 0 spiro atoms. The summed E-state index contributed by atoms with van der Waals surface area (Å²) in [7, 11) is 0. The second-order valence-electron chi connectivity index (χ2n) is 11.8. The molecule has 0 bridgehead atoms. The van der Waals surface area contributed by atoms with Gasteiger partial charge in [0.15, 0.2) is 6.29 Å². The third kappa shape index (κ3) is 13.0. The highest BCUT2D eigenvalue weighted by molar-refractivity contribution is 5.91. The van der Waals surface area contributed by atoms with E-state index in [9.17, 15) is 4.79 Å². The second kappa shape index (κ2) is 19.7. The van der Waals surface area contributed by atoms with E-state index in [2.05, 4.69) is 20.8 Å². The monoisotopic (exact) mass is 566 g/mol. The minimum Gasteiger partial charge on any atom is -0.494 e. The topological polar surface area (TPSA) is 54.0 Å². The molecule has 1 saturated heterocycles. The molecule has 0 radical (unpaired) electrons. The lowest BCUT2D eigenvalue weighted by molar-refractivity contribution is -0.206. The summed E-state index contributed by atoms with van der Waals surface area (Å²) in [5.41, 5.74) is 1.42. The first kappa shape index (κ1) is 33.1. The van der Waals surface area contributed by atoms with E-state index in [1.54, 1.807) is 24.3 Å². The molecule has 0 aromatic heterocycles. The predicted molar refractivity (Wildman–Crippen MR) is 167 cm³/mol. The summed E-state index contributed by atoms with van der Waals surface area (Å²) in [5.74, 6) is 2.19. The normalized spacial score (nSPS) is 17.7. The van der Waals surface area contributed by atoms with Crippen molar-refractivity contribution in [1.82, 2.24) is 0 Å². The van der Waals surface area contributed by atoms with E-state index in [0.717, 1.165) is 43.3 Å². The Morgan fingerprint density at radius 2 is 1.39 bits per heavy atom. The molecule has 1 aliphatic heterocycles. The van der Waals surface area contributed by atoms with Crippen LogP contribution in [0.5, 0.6) is 11.5 Å². The minimum atomic E-state index is -0.387. The van der Waals surface area contributed by atoms with E-state index in [4.69, 9.17) is 18.9 Å². The van der Waals surface area contributed by atoms with Crippen LogP contribution in [0.15, 0.2) is 48.5 Å². The van der Waals surface area contributed by atoms with E-state index in [1.807, 2.05) is 24.3 Å². The summed E-state index contributed by atoms with van der Waals surface area (Å²) < 4.78 is 23.4. The average molecular weight is 567 g/mol. The number of hydrogen-bond donors (Lipinski definition) is 0. The summed E-state index contributed by atoms with van der Waals surface area (Å²) in [6, 6.07) is 14.6. The highest BCUT2D eigenvalue weighted by atomic mass is 16.7. The van der Waals surface area contributed by atoms with Crippen molar-refractivity contribution in [3.63, 3.8) is 0 Å². The van der Waals surface area contributed by atoms with Gasteiger partial charge < -0.3 is 18.9 Å². The molecule has 2 aromatic carbocycles. The molecule has 1 unspecified atom stereocenters. The van der Waals surface area contributed by atoms with Crippen molar-refractivity contribution < 1.29 is 23.7 Å². The Kier molecular flexibility index (Phi) is 15.9. The number of unbranched alkanes of at least 4 members (excludes halogenated alkanes) is 9. The van der Waals surface area contributed by atoms with Gasteiger partial charge in [-0.05, 0) is 55.2 Å². The molecule has 1 heterocycles. The average Bonchev–Trinajstić information content (AvgIpc) is 3.01. The lowest BCUT2D eigenvalue weighted by Gasteiger charge is -2.29. The van der Waals surface area contributed by atoms with Crippen molar-refractivity contribution in [2.75, 3.05) is 19.8 Å². The zero-order valence-electron chi connectivity index (χ0n) is 25.9. The fourth-order valence-corrected chi connectivity index (χ4v) is 5.18. The van der Waals surface area contributed by atoms with Crippen LogP contribution in [-0.4, -0.2) is 25.8 Å². The molecule has 0 amide bonds. The van der Waals surface area contributed by atoms with Crippen molar-refractivity contribution in [3.05, 3.63) is 59.7 Å². The van der Waals surface area contributed by atoms with Gasteiger partial charge in [0, 0.05) is 11.5 Å². The van der Waals surface area contributed by atoms with Crippen LogP contribution < -0.4 is 9.47 Å². The lowest BCUT2D eigenvalue weighted by atomic mass is 10.0. The van der Waals surface area contributed by atoms with Crippen LogP contribution in [0, 0.1) is 11.8 Å². The number of carbonyl (C=O) groups excluding carboxylic acids is 1. The molecule has 0 saturated carbocycles. The first-order valence-corrected chi connectivity index (χ1v) is 16.4. The van der Waals surface area contributed by atoms with Gasteiger partial charge >= 0.3 is 5.97 Å². The second-order valence-corrected chi connectivity index (χ2v) is 11.8. The molecular weight excluding hydrogens is 512 g/mol. The van der Waals surface area contributed by atoms with E-state index in [0.29, 0.717) is 23.8 Å². The minimum absolute atomic E-state index is 0.373. The Morgan fingerprint density at radius 3 is 2.05 bits per heavy atom. The van der Waals surface area contributed by atoms with Gasteiger partial charge in [0.2, 0.25) is 0 Å². The van der Waals surface area contributed by atoms with E-state index >= 15 is 0 Å². The number of benzene rings is 2. The van der Waals surface area contributed by atoms with E-state index in [-0.39, 0.29) is 12.3 Å². The van der Waals surface area contributed by atoms with Crippen LogP contribution in [0.4, 0.5) is 0 Å². The van der Waals surface area contributed by atoms with Gasteiger partial charge in [-0.3, -0.25) is 0 Å². The Morgan fingerprint density at radius 1 is 0.780 bits per heavy atom. The Labute approximate surface area is 249 Å². The van der Waals surface area contributed by atoms with Gasteiger partial charge in [-0.2, -0.15) is 0 Å². The van der Waals surface area contributed by atoms with E-state index in [1.165, 1.54) is 77.0 Å². The maximum absolute atomic E-state index is 12.7. The number of esters is 1. The molecule has 3 rings (SSSR count). The zero-order valence-corrected chi connectivity index (χ0v) is 25.9. The Balaban J connectivity index is 1.30. The summed E-state index contributed by atoms with van der Waals surface area (Å²) in [5, 5.41) is 0. The molecule has 5 heteroatoms. The molecule has 1 aliphatic rings. The molecule has 41 heavy (non-hydrogen) atoms. The number of carbonyl (C=O) groups is 1. The summed E-state index contributed by atoms with van der Waals surface area (Å²) in [6.07, 6.45) is 17.5. The van der Waals surface area contributed by atoms with Crippen LogP contribution in [0.3, 0.4) is 0 Å². The van der Waals surface area contributed by atoms with Crippen LogP contribution in [0.25, 0.3) is 0 Å². The van der Waals surface area contributed by atoms with Crippen molar-refractivity contribution in [2.45, 2.75) is 117 Å². The molecule has 1 fully saturated rings. The Hall–Kier alpha value is -2.37. The Bertz CT molecular complexity index is 947. The SMILES string of the molecule is CCCCCCCCCCC1COC(c2ccc(C(=O)Oc3ccc(OCCCCCC(C)CC)cc3)cc2)OC1. The van der Waals surface area contributed by atoms with Gasteiger partial charge in [-0.1, -0.05) is 110 Å². The maximum atomic E-state index is 12.7. The van der Waals surface area contributed by atoms with Crippen LogP contribution in [0.1, 0.15) is 133 Å². The third-order valence-corrected chi connectivity index (χ3v) is 8.19. The molecular formula is C36H54O5. The molecule has 5 nitrogen and oxygen atoms in total. The number of ether oxygens (including phenoxy) is 4. The van der Waals surface area contributed by atoms with Crippen LogP contribution in [0.2, 0.25) is 0 Å². The maximum Gasteiger partial charge on any atom is 0.343 e. The van der Waals surface area contributed by atoms with Crippen molar-refractivity contribution in [1.29, 1.82) is 0 Å². The number of hydrogen-bond acceptors (Lipinski definition) is 5. The molecule has 0 aliphatic carbocycles. The van der Waals surface area contributed by atoms with Gasteiger partial charge in [0.05, 0.1) is 25.4 Å². The fraction of sp³-hybridized carbons (Fsp3) is 0.639. The van der Waals surface area contributed by atoms with Crippen molar-refractivity contribution >= 4 is 5.97 Å². The summed E-state index contributed by atoms with van der Waals surface area (Å²) >= 11 is 0. The first-order chi connectivity index (χ1) is 20.1. The van der Waals surface area contributed by atoms with Crippen LogP contribution in [-0.2, 0) is 9.47 Å². The van der Waals surface area contributed by atoms with Gasteiger partial charge in [-0.25, -0.2) is 4.79 Å². The van der Waals surface area contributed by atoms with Crippen molar-refractivity contribution in [2.24, 2.45) is 11.8 Å². The lowest BCUT2D eigenvalue weighted by Crippen LogP contribution is -2.27. The first-order valence-electron chi connectivity index (χ1n) is 16.4. The standard InChI is InChI=1S/C36H54O5/c1-4-6-7-8-9-10-11-14-17-30-27-39-36(40-28-30)32-20-18-31(19-21-32)35(37)41-34-24-22-33(23-25-34)38-26-15-12-13-16-29(3)5-2/h18-25,29-30,36H,4-17,26-28H2,1-3H3. The highest BCUT2D eigenvalue weighted by Crippen LogP contribution is 2.28. The van der Waals surface area contributed by atoms with Gasteiger partial charge in [0.1, 0.15) is 11.5 Å². The quantitative estimate of drug-likeness (QED) is 0.0906. The largest absolute Gasteiger partial charge is 0.494 e. The summed E-state index contributed by atoms with van der Waals surface area (Å²) in [4.78, 5) is 12.7. The van der Waals surface area contributed by atoms with Crippen LogP contribution >= 0.6 is 0 Å². The third-order valence-electron chi connectivity index (χ3n) is 8.19. The molecule has 2 aromatic rings.